The maximum absolute atomic E-state index is 13.1. The molecule has 0 saturated heterocycles. The van der Waals surface area contributed by atoms with E-state index in [2.05, 4.69) is 20.3 Å². The topological polar surface area (TPSA) is 103 Å². The predicted molar refractivity (Wildman–Crippen MR) is 127 cm³/mol. The average Bonchev–Trinajstić information content (AvgIpc) is 3.25. The minimum atomic E-state index is -0.176. The number of nitrogens with one attached hydrogen (secondary N) is 3. The molecule has 0 spiro atoms. The first-order valence-corrected chi connectivity index (χ1v) is 10.9. The smallest absolute Gasteiger partial charge is 0.270 e. The highest BCUT2D eigenvalue weighted by Crippen LogP contribution is 2.23. The Morgan fingerprint density at radius 3 is 2.79 bits per heavy atom. The molecule has 1 aliphatic rings. The molecule has 9 heteroatoms. The number of methoxy groups -OCH3 is 1. The number of rotatable bonds is 5. The quantitative estimate of drug-likeness (QED) is 0.418. The molecule has 0 saturated carbocycles. The fraction of sp³-hybridized carbons (Fsp3) is 0.208. The number of hydrogen-bond donors (Lipinski definition) is 3. The van der Waals surface area contributed by atoms with Crippen LogP contribution in [0.15, 0.2) is 53.3 Å². The Labute approximate surface area is 194 Å². The van der Waals surface area contributed by atoms with Crippen LogP contribution in [-0.2, 0) is 19.5 Å². The Balaban J connectivity index is 1.33. The summed E-state index contributed by atoms with van der Waals surface area (Å²) in [5.41, 5.74) is 3.37. The predicted octanol–water partition coefficient (Wildman–Crippen LogP) is 3.72. The van der Waals surface area contributed by atoms with Crippen molar-refractivity contribution < 1.29 is 9.53 Å². The standard InChI is InChI=1S/C24H22ClN5O3/c1-33-17-6-2-14(3-7-17)12-26-24-28-21-13-30(9-8-18(21)22(31)29-24)23(32)20-10-15-4-5-16(25)11-19(15)27-20/h2-7,10-11,27H,8-9,12-13H2,1H3,(H2,26,28,29,31). The number of anilines is 1. The van der Waals surface area contributed by atoms with Gasteiger partial charge >= 0.3 is 0 Å². The van der Waals surface area contributed by atoms with E-state index in [1.54, 1.807) is 24.1 Å². The van der Waals surface area contributed by atoms with Gasteiger partial charge in [-0.05, 0) is 42.3 Å². The second-order valence-electron chi connectivity index (χ2n) is 7.93. The number of hydrogen-bond acceptors (Lipinski definition) is 5. The van der Waals surface area contributed by atoms with E-state index in [0.29, 0.717) is 47.4 Å². The molecule has 4 aromatic rings. The van der Waals surface area contributed by atoms with Crippen LogP contribution in [0.3, 0.4) is 0 Å². The zero-order valence-corrected chi connectivity index (χ0v) is 18.7. The third-order valence-corrected chi connectivity index (χ3v) is 6.03. The van der Waals surface area contributed by atoms with Crippen molar-refractivity contribution in [3.8, 4) is 5.75 Å². The molecule has 2 aromatic heterocycles. The molecular formula is C24H22ClN5O3. The van der Waals surface area contributed by atoms with Crippen molar-refractivity contribution in [2.24, 2.45) is 0 Å². The van der Waals surface area contributed by atoms with Crippen molar-refractivity contribution in [1.29, 1.82) is 0 Å². The van der Waals surface area contributed by atoms with Crippen LogP contribution in [0.25, 0.3) is 10.9 Å². The highest BCUT2D eigenvalue weighted by atomic mass is 35.5. The Bertz CT molecular complexity index is 1390. The van der Waals surface area contributed by atoms with E-state index in [1.807, 2.05) is 36.4 Å². The number of aromatic amines is 2. The van der Waals surface area contributed by atoms with Gasteiger partial charge in [-0.2, -0.15) is 0 Å². The lowest BCUT2D eigenvalue weighted by atomic mass is 10.1. The van der Waals surface area contributed by atoms with Gasteiger partial charge in [0.2, 0.25) is 5.95 Å². The molecule has 1 aliphatic heterocycles. The van der Waals surface area contributed by atoms with Crippen molar-refractivity contribution >= 4 is 34.4 Å². The number of benzene rings is 2. The summed E-state index contributed by atoms with van der Waals surface area (Å²) >= 11 is 6.05. The van der Waals surface area contributed by atoms with E-state index in [1.165, 1.54) is 0 Å². The second-order valence-corrected chi connectivity index (χ2v) is 8.37. The first-order valence-electron chi connectivity index (χ1n) is 10.6. The molecule has 168 valence electrons. The van der Waals surface area contributed by atoms with Crippen molar-refractivity contribution in [3.05, 3.63) is 86.4 Å². The molecule has 0 bridgehead atoms. The van der Waals surface area contributed by atoms with Gasteiger partial charge in [0, 0.05) is 34.6 Å². The first kappa shape index (κ1) is 21.1. The maximum Gasteiger partial charge on any atom is 0.270 e. The Hall–Kier alpha value is -3.78. The lowest BCUT2D eigenvalue weighted by Gasteiger charge is -2.27. The van der Waals surface area contributed by atoms with Crippen molar-refractivity contribution in [3.63, 3.8) is 0 Å². The number of aromatic nitrogens is 3. The lowest BCUT2D eigenvalue weighted by Crippen LogP contribution is -2.39. The number of nitrogens with zero attached hydrogens (tertiary/aromatic N) is 2. The number of amides is 1. The van der Waals surface area contributed by atoms with Crippen LogP contribution >= 0.6 is 11.6 Å². The minimum Gasteiger partial charge on any atom is -0.497 e. The summed E-state index contributed by atoms with van der Waals surface area (Å²) in [5.74, 6) is 1.02. The number of carbonyl (C=O) groups excluding carboxylic acids is 1. The number of halogens is 1. The van der Waals surface area contributed by atoms with Crippen LogP contribution in [0.1, 0.15) is 27.3 Å². The van der Waals surface area contributed by atoms with Crippen LogP contribution in [0.4, 0.5) is 5.95 Å². The molecule has 1 amide bonds. The van der Waals surface area contributed by atoms with E-state index in [4.69, 9.17) is 16.3 Å². The van der Waals surface area contributed by atoms with E-state index >= 15 is 0 Å². The largest absolute Gasteiger partial charge is 0.497 e. The second kappa shape index (κ2) is 8.63. The molecule has 33 heavy (non-hydrogen) atoms. The summed E-state index contributed by atoms with van der Waals surface area (Å²) in [6.07, 6.45) is 0.453. The van der Waals surface area contributed by atoms with Gasteiger partial charge in [-0.1, -0.05) is 29.8 Å². The summed E-state index contributed by atoms with van der Waals surface area (Å²) in [6, 6.07) is 14.9. The van der Waals surface area contributed by atoms with Gasteiger partial charge < -0.3 is 19.9 Å². The van der Waals surface area contributed by atoms with Crippen LogP contribution < -0.4 is 15.6 Å². The number of fused-ring (bicyclic) bond motifs is 2. The molecule has 0 radical (unpaired) electrons. The Morgan fingerprint density at radius 1 is 1.18 bits per heavy atom. The fourth-order valence-electron chi connectivity index (χ4n) is 4.01. The van der Waals surface area contributed by atoms with Crippen molar-refractivity contribution in [1.82, 2.24) is 19.9 Å². The molecular weight excluding hydrogens is 442 g/mol. The molecule has 0 atom stereocenters. The highest BCUT2D eigenvalue weighted by molar-refractivity contribution is 6.31. The van der Waals surface area contributed by atoms with Crippen molar-refractivity contribution in [2.75, 3.05) is 19.0 Å². The number of ether oxygens (including phenoxy) is 1. The summed E-state index contributed by atoms with van der Waals surface area (Å²) in [4.78, 5) is 38.0. The van der Waals surface area contributed by atoms with Crippen LogP contribution in [0.5, 0.6) is 5.75 Å². The summed E-state index contributed by atoms with van der Waals surface area (Å²) < 4.78 is 5.17. The van der Waals surface area contributed by atoms with E-state index in [-0.39, 0.29) is 18.0 Å². The summed E-state index contributed by atoms with van der Waals surface area (Å²) in [6.45, 7) is 1.21. The molecule has 8 nitrogen and oxygen atoms in total. The van der Waals surface area contributed by atoms with Gasteiger partial charge in [0.25, 0.3) is 11.5 Å². The third-order valence-electron chi connectivity index (χ3n) is 5.79. The Morgan fingerprint density at radius 2 is 2.00 bits per heavy atom. The normalized spacial score (nSPS) is 13.1. The maximum atomic E-state index is 13.1. The first-order chi connectivity index (χ1) is 16.0. The monoisotopic (exact) mass is 463 g/mol. The van der Waals surface area contributed by atoms with Gasteiger partial charge in [-0.15, -0.1) is 0 Å². The SMILES string of the molecule is COc1ccc(CNc2nc3c(c(=O)[nH]2)CCN(C(=O)c2cc4ccc(Cl)cc4[nH]2)C3)cc1. The van der Waals surface area contributed by atoms with Gasteiger partial charge in [-0.25, -0.2) is 4.98 Å². The third kappa shape index (κ3) is 4.29. The van der Waals surface area contributed by atoms with Gasteiger partial charge in [-0.3, -0.25) is 14.6 Å². The molecule has 3 heterocycles. The molecule has 2 aromatic carbocycles. The lowest BCUT2D eigenvalue weighted by molar-refractivity contribution is 0.0726. The van der Waals surface area contributed by atoms with Crippen molar-refractivity contribution in [2.45, 2.75) is 19.5 Å². The Kier molecular flexibility index (Phi) is 5.51. The molecule has 0 aliphatic carbocycles. The zero-order valence-electron chi connectivity index (χ0n) is 17.9. The summed E-state index contributed by atoms with van der Waals surface area (Å²) in [5, 5.41) is 4.68. The highest BCUT2D eigenvalue weighted by Gasteiger charge is 2.26. The minimum absolute atomic E-state index is 0.136. The van der Waals surface area contributed by atoms with E-state index in [0.717, 1.165) is 22.2 Å². The van der Waals surface area contributed by atoms with E-state index in [9.17, 15) is 9.59 Å². The summed E-state index contributed by atoms with van der Waals surface area (Å²) in [7, 11) is 1.62. The van der Waals surface area contributed by atoms with Gasteiger partial charge in [0.1, 0.15) is 11.4 Å². The van der Waals surface area contributed by atoms with Gasteiger partial charge in [0.05, 0.1) is 19.3 Å². The number of carbonyl (C=O) groups is 1. The molecule has 0 unspecified atom stereocenters. The van der Waals surface area contributed by atoms with E-state index < -0.39 is 0 Å². The number of H-pyrrole nitrogens is 2. The average molecular weight is 464 g/mol. The van der Waals surface area contributed by atoms with Crippen LogP contribution in [0.2, 0.25) is 5.02 Å². The zero-order chi connectivity index (χ0) is 22.9. The fourth-order valence-corrected chi connectivity index (χ4v) is 4.18. The van der Waals surface area contributed by atoms with Crippen LogP contribution in [-0.4, -0.2) is 39.4 Å². The molecule has 0 fully saturated rings. The van der Waals surface area contributed by atoms with Gasteiger partial charge in [0.15, 0.2) is 0 Å². The van der Waals surface area contributed by atoms with Crippen LogP contribution in [0, 0.1) is 0 Å². The molecule has 5 rings (SSSR count). The molecule has 3 N–H and O–H groups in total.